The Bertz CT molecular complexity index is 366. The molecule has 1 aliphatic rings. The van der Waals surface area contributed by atoms with E-state index >= 15 is 0 Å². The minimum Gasteiger partial charge on any atom is -0.354 e. The molecule has 2 amide bonds. The molecule has 2 unspecified atom stereocenters. The van der Waals surface area contributed by atoms with Crippen LogP contribution < -0.4 is 5.32 Å². The Hall–Kier alpha value is -1.32. The molecule has 0 aromatic heterocycles. The van der Waals surface area contributed by atoms with Crippen molar-refractivity contribution in [2.45, 2.75) is 64.8 Å². The Balaban J connectivity index is 2.58. The lowest BCUT2D eigenvalue weighted by atomic mass is 10.0. The van der Waals surface area contributed by atoms with Crippen LogP contribution in [0.3, 0.4) is 0 Å². The number of nitrogens with zero attached hydrogens (tertiary/aromatic N) is 1. The van der Waals surface area contributed by atoms with Gasteiger partial charge in [0, 0.05) is 20.0 Å². The van der Waals surface area contributed by atoms with E-state index in [-0.39, 0.29) is 17.9 Å². The molecule has 0 saturated carbocycles. The topological polar surface area (TPSA) is 49.4 Å². The van der Waals surface area contributed by atoms with Crippen LogP contribution in [0.1, 0.15) is 58.8 Å². The fourth-order valence-electron chi connectivity index (χ4n) is 2.46. The van der Waals surface area contributed by atoms with Gasteiger partial charge < -0.3 is 10.2 Å². The molecule has 0 fully saturated rings. The number of amides is 2. The van der Waals surface area contributed by atoms with Gasteiger partial charge in [-0.25, -0.2) is 0 Å². The van der Waals surface area contributed by atoms with Gasteiger partial charge in [-0.1, -0.05) is 19.1 Å². The van der Waals surface area contributed by atoms with Crippen molar-refractivity contribution in [3.63, 3.8) is 0 Å². The number of carbonyl (C=O) groups excluding carboxylic acids is 2. The molecule has 0 bridgehead atoms. The zero-order valence-corrected chi connectivity index (χ0v) is 13.7. The van der Waals surface area contributed by atoms with Crippen LogP contribution in [-0.2, 0) is 9.59 Å². The monoisotopic (exact) mass is 294 g/mol. The van der Waals surface area contributed by atoms with E-state index in [9.17, 15) is 9.59 Å². The minimum atomic E-state index is -0.388. The van der Waals surface area contributed by atoms with Gasteiger partial charge in [-0.2, -0.15) is 0 Å². The lowest BCUT2D eigenvalue weighted by Crippen LogP contribution is -2.46. The van der Waals surface area contributed by atoms with Gasteiger partial charge in [-0.3, -0.25) is 9.59 Å². The SMILES string of the molecule is CC1CC/C=C/CCCCC(=O)N(C)C(C)C(=O)NCC1. The quantitative estimate of drug-likeness (QED) is 0.698. The van der Waals surface area contributed by atoms with Crippen molar-refractivity contribution in [3.8, 4) is 0 Å². The fraction of sp³-hybridized carbons (Fsp3) is 0.765. The summed E-state index contributed by atoms with van der Waals surface area (Å²) in [5.74, 6) is 0.615. The third-order valence-corrected chi connectivity index (χ3v) is 4.29. The van der Waals surface area contributed by atoms with Crippen LogP contribution in [0.4, 0.5) is 0 Å². The second-order valence-electron chi connectivity index (χ2n) is 6.16. The van der Waals surface area contributed by atoms with Crippen LogP contribution in [0.2, 0.25) is 0 Å². The molecule has 1 aliphatic heterocycles. The molecular weight excluding hydrogens is 264 g/mol. The first-order chi connectivity index (χ1) is 10.0. The van der Waals surface area contributed by atoms with E-state index < -0.39 is 0 Å². The number of hydrogen-bond donors (Lipinski definition) is 1. The smallest absolute Gasteiger partial charge is 0.242 e. The molecule has 1 N–H and O–H groups in total. The molecule has 0 radical (unpaired) electrons. The van der Waals surface area contributed by atoms with Gasteiger partial charge in [-0.05, 0) is 51.4 Å². The molecule has 4 heteroatoms. The number of allylic oxidation sites excluding steroid dienone is 2. The predicted molar refractivity (Wildman–Crippen MR) is 85.9 cm³/mol. The first-order valence-corrected chi connectivity index (χ1v) is 8.20. The van der Waals surface area contributed by atoms with Crippen LogP contribution in [0.15, 0.2) is 12.2 Å². The lowest BCUT2D eigenvalue weighted by Gasteiger charge is -2.24. The summed E-state index contributed by atoms with van der Waals surface area (Å²) in [4.78, 5) is 25.7. The zero-order chi connectivity index (χ0) is 15.7. The molecule has 0 saturated heterocycles. The molecule has 0 aromatic carbocycles. The van der Waals surface area contributed by atoms with Gasteiger partial charge in [0.05, 0.1) is 0 Å². The van der Waals surface area contributed by atoms with E-state index in [0.717, 1.165) is 32.1 Å². The standard InChI is InChI=1S/C17H30N2O2/c1-14-10-8-6-4-5-7-9-11-16(20)19(3)15(2)17(21)18-13-12-14/h4,6,14-15H,5,7-13H2,1-3H3,(H,18,21)/b6-4+. The van der Waals surface area contributed by atoms with Gasteiger partial charge >= 0.3 is 0 Å². The van der Waals surface area contributed by atoms with Gasteiger partial charge in [-0.15, -0.1) is 0 Å². The van der Waals surface area contributed by atoms with E-state index in [1.807, 2.05) is 0 Å². The van der Waals surface area contributed by atoms with Crippen molar-refractivity contribution < 1.29 is 9.59 Å². The van der Waals surface area contributed by atoms with Crippen molar-refractivity contribution in [2.24, 2.45) is 5.92 Å². The third-order valence-electron chi connectivity index (χ3n) is 4.29. The Morgan fingerprint density at radius 1 is 1.10 bits per heavy atom. The fourth-order valence-corrected chi connectivity index (χ4v) is 2.46. The van der Waals surface area contributed by atoms with Gasteiger partial charge in [0.1, 0.15) is 6.04 Å². The highest BCUT2D eigenvalue weighted by atomic mass is 16.2. The van der Waals surface area contributed by atoms with Crippen molar-refractivity contribution >= 4 is 11.8 Å². The molecule has 120 valence electrons. The molecule has 1 heterocycles. The number of nitrogens with one attached hydrogen (secondary N) is 1. The average molecular weight is 294 g/mol. The second-order valence-corrected chi connectivity index (χ2v) is 6.16. The Morgan fingerprint density at radius 3 is 2.57 bits per heavy atom. The summed E-state index contributed by atoms with van der Waals surface area (Å²) < 4.78 is 0. The number of carbonyl (C=O) groups is 2. The highest BCUT2D eigenvalue weighted by molar-refractivity contribution is 5.87. The lowest BCUT2D eigenvalue weighted by molar-refractivity contribution is -0.138. The van der Waals surface area contributed by atoms with E-state index in [4.69, 9.17) is 0 Å². The molecule has 1 rings (SSSR count). The van der Waals surface area contributed by atoms with Crippen LogP contribution in [0, 0.1) is 5.92 Å². The Kier molecular flexibility index (Phi) is 8.09. The summed E-state index contributed by atoms with van der Waals surface area (Å²) in [5, 5.41) is 2.94. The summed E-state index contributed by atoms with van der Waals surface area (Å²) in [6, 6.07) is -0.388. The maximum atomic E-state index is 12.1. The minimum absolute atomic E-state index is 0.0509. The van der Waals surface area contributed by atoms with Crippen molar-refractivity contribution in [3.05, 3.63) is 12.2 Å². The van der Waals surface area contributed by atoms with Crippen molar-refractivity contribution in [1.82, 2.24) is 10.2 Å². The average Bonchev–Trinajstić information content (AvgIpc) is 2.47. The maximum absolute atomic E-state index is 12.1. The third kappa shape index (κ3) is 6.78. The normalized spacial score (nSPS) is 29.0. The van der Waals surface area contributed by atoms with Gasteiger partial charge in [0.25, 0.3) is 0 Å². The number of rotatable bonds is 0. The largest absolute Gasteiger partial charge is 0.354 e. The summed E-state index contributed by atoms with van der Waals surface area (Å²) in [5.41, 5.74) is 0. The first-order valence-electron chi connectivity index (χ1n) is 8.20. The van der Waals surface area contributed by atoms with E-state index in [1.165, 1.54) is 6.42 Å². The van der Waals surface area contributed by atoms with Crippen LogP contribution in [0.25, 0.3) is 0 Å². The highest BCUT2D eigenvalue weighted by Gasteiger charge is 2.21. The van der Waals surface area contributed by atoms with E-state index in [1.54, 1.807) is 18.9 Å². The highest BCUT2D eigenvalue weighted by Crippen LogP contribution is 2.12. The Labute approximate surface area is 129 Å². The summed E-state index contributed by atoms with van der Waals surface area (Å²) in [7, 11) is 1.72. The van der Waals surface area contributed by atoms with Crippen LogP contribution >= 0.6 is 0 Å². The van der Waals surface area contributed by atoms with Crippen LogP contribution in [-0.4, -0.2) is 36.3 Å². The van der Waals surface area contributed by atoms with E-state index in [2.05, 4.69) is 24.4 Å². The molecular formula is C17H30N2O2. The summed E-state index contributed by atoms with van der Waals surface area (Å²) in [6.45, 7) is 4.71. The molecule has 0 spiro atoms. The molecule has 0 aliphatic carbocycles. The van der Waals surface area contributed by atoms with Crippen molar-refractivity contribution in [2.75, 3.05) is 13.6 Å². The van der Waals surface area contributed by atoms with Crippen LogP contribution in [0.5, 0.6) is 0 Å². The molecule has 0 aromatic rings. The number of hydrogen-bond acceptors (Lipinski definition) is 2. The summed E-state index contributed by atoms with van der Waals surface area (Å²) in [6.07, 6.45) is 11.2. The zero-order valence-electron chi connectivity index (χ0n) is 13.7. The van der Waals surface area contributed by atoms with Gasteiger partial charge in [0.15, 0.2) is 0 Å². The first kappa shape index (κ1) is 17.7. The molecule has 2 atom stereocenters. The predicted octanol–water partition coefficient (Wildman–Crippen LogP) is 2.89. The van der Waals surface area contributed by atoms with Crippen molar-refractivity contribution in [1.29, 1.82) is 0 Å². The number of likely N-dealkylation sites (N-methyl/N-ethyl adjacent to an activating group) is 1. The second kappa shape index (κ2) is 9.59. The molecule has 4 nitrogen and oxygen atoms in total. The van der Waals surface area contributed by atoms with E-state index in [0.29, 0.717) is 18.9 Å². The summed E-state index contributed by atoms with van der Waals surface area (Å²) >= 11 is 0. The Morgan fingerprint density at radius 2 is 1.81 bits per heavy atom. The maximum Gasteiger partial charge on any atom is 0.242 e. The van der Waals surface area contributed by atoms with Gasteiger partial charge in [0.2, 0.25) is 11.8 Å². The molecule has 21 heavy (non-hydrogen) atoms.